The van der Waals surface area contributed by atoms with Crippen molar-refractivity contribution in [2.75, 3.05) is 5.32 Å². The Labute approximate surface area is 170 Å². The van der Waals surface area contributed by atoms with Crippen molar-refractivity contribution >= 4 is 38.4 Å². The Bertz CT molecular complexity index is 1110. The quantitative estimate of drug-likeness (QED) is 0.632. The van der Waals surface area contributed by atoms with E-state index in [2.05, 4.69) is 21.2 Å². The molecule has 1 heterocycles. The molecule has 1 aromatic heterocycles. The van der Waals surface area contributed by atoms with E-state index in [4.69, 9.17) is 0 Å². The van der Waals surface area contributed by atoms with Gasteiger partial charge in [-0.15, -0.1) is 0 Å². The van der Waals surface area contributed by atoms with E-state index >= 15 is 0 Å². The number of anilines is 1. The van der Waals surface area contributed by atoms with Crippen LogP contribution >= 0.6 is 15.9 Å². The van der Waals surface area contributed by atoms with E-state index in [1.54, 1.807) is 36.4 Å². The number of carbonyl (C=O) groups is 1. The molecule has 0 fully saturated rings. The van der Waals surface area contributed by atoms with Crippen molar-refractivity contribution in [3.05, 3.63) is 73.8 Å². The van der Waals surface area contributed by atoms with Crippen LogP contribution in [-0.2, 0) is 17.9 Å². The summed E-state index contributed by atoms with van der Waals surface area (Å²) < 4.78 is 3.51. The molecule has 1 amide bonds. The third kappa shape index (κ3) is 4.42. The maximum Gasteiger partial charge on any atom is 0.331 e. The maximum atomic E-state index is 13.0. The Morgan fingerprint density at radius 3 is 2.39 bits per heavy atom. The van der Waals surface area contributed by atoms with Crippen molar-refractivity contribution in [2.45, 2.75) is 33.4 Å². The Balaban J connectivity index is 1.99. The topological polar surface area (TPSA) is 73.1 Å². The normalized spacial score (nSPS) is 11.1. The van der Waals surface area contributed by atoms with E-state index in [1.165, 1.54) is 9.13 Å². The molecule has 0 unspecified atom stereocenters. The van der Waals surface area contributed by atoms with E-state index in [-0.39, 0.29) is 18.0 Å². The maximum absolute atomic E-state index is 13.0. The molecule has 0 aliphatic rings. The number of amides is 1. The lowest BCUT2D eigenvalue weighted by molar-refractivity contribution is -0.116. The highest BCUT2D eigenvalue weighted by molar-refractivity contribution is 9.10. The van der Waals surface area contributed by atoms with E-state index < -0.39 is 5.69 Å². The van der Waals surface area contributed by atoms with Gasteiger partial charge in [-0.1, -0.05) is 41.9 Å². The van der Waals surface area contributed by atoms with Gasteiger partial charge < -0.3 is 5.32 Å². The van der Waals surface area contributed by atoms with Crippen molar-refractivity contribution in [1.29, 1.82) is 0 Å². The summed E-state index contributed by atoms with van der Waals surface area (Å²) in [4.78, 5) is 38.3. The van der Waals surface area contributed by atoms with Gasteiger partial charge in [0.1, 0.15) is 6.54 Å². The molecule has 0 bridgehead atoms. The molecule has 3 rings (SSSR count). The van der Waals surface area contributed by atoms with Crippen LogP contribution in [0.4, 0.5) is 5.69 Å². The summed E-state index contributed by atoms with van der Waals surface area (Å²) in [6.07, 6.45) is 0.707. The molecule has 0 radical (unpaired) electrons. The third-order valence-electron chi connectivity index (χ3n) is 4.49. The molecule has 2 aromatic carbocycles. The molecule has 6 nitrogen and oxygen atoms in total. The molecule has 0 aliphatic heterocycles. The zero-order chi connectivity index (χ0) is 20.3. The molecule has 0 atom stereocenters. The van der Waals surface area contributed by atoms with Crippen molar-refractivity contribution in [2.24, 2.45) is 5.92 Å². The molecule has 28 heavy (non-hydrogen) atoms. The predicted molar refractivity (Wildman–Crippen MR) is 115 cm³/mol. The smallest absolute Gasteiger partial charge is 0.325 e. The van der Waals surface area contributed by atoms with Gasteiger partial charge in [0.25, 0.3) is 5.56 Å². The van der Waals surface area contributed by atoms with Crippen molar-refractivity contribution in [3.8, 4) is 0 Å². The fourth-order valence-corrected chi connectivity index (χ4v) is 3.25. The predicted octanol–water partition coefficient (Wildman–Crippen LogP) is 3.61. The Hall–Kier alpha value is -2.67. The lowest BCUT2D eigenvalue weighted by atomic mass is 10.1. The second kappa shape index (κ2) is 8.56. The standard InChI is InChI=1S/C21H22BrN3O3/c1-14(2)11-12-24-20(27)17-5-3-4-6-18(17)25(21(24)28)13-19(26)23-16-9-7-15(22)8-10-16/h3-10,14H,11-13H2,1-2H3,(H,23,26). The number of benzene rings is 2. The van der Waals surface area contributed by atoms with E-state index in [0.29, 0.717) is 35.5 Å². The molecule has 0 spiro atoms. The second-order valence-electron chi connectivity index (χ2n) is 7.08. The number of rotatable bonds is 6. The molecular weight excluding hydrogens is 422 g/mol. The number of aromatic nitrogens is 2. The highest BCUT2D eigenvalue weighted by Crippen LogP contribution is 2.14. The first-order chi connectivity index (χ1) is 13.4. The molecule has 7 heteroatoms. The van der Waals surface area contributed by atoms with Crippen LogP contribution in [0.2, 0.25) is 0 Å². The van der Waals surface area contributed by atoms with Gasteiger partial charge in [0, 0.05) is 16.7 Å². The number of fused-ring (bicyclic) bond motifs is 1. The Kier molecular flexibility index (Phi) is 6.14. The summed E-state index contributed by atoms with van der Waals surface area (Å²) in [6, 6.07) is 14.1. The average molecular weight is 444 g/mol. The molecule has 146 valence electrons. The summed E-state index contributed by atoms with van der Waals surface area (Å²) >= 11 is 3.35. The molecular formula is C21H22BrN3O3. The number of para-hydroxylation sites is 1. The number of hydrogen-bond donors (Lipinski definition) is 1. The monoisotopic (exact) mass is 443 g/mol. The number of nitrogens with one attached hydrogen (secondary N) is 1. The highest BCUT2D eigenvalue weighted by Gasteiger charge is 2.15. The van der Waals surface area contributed by atoms with Crippen LogP contribution in [-0.4, -0.2) is 15.0 Å². The minimum atomic E-state index is -0.463. The zero-order valence-corrected chi connectivity index (χ0v) is 17.4. The summed E-state index contributed by atoms with van der Waals surface area (Å²) in [5.74, 6) is 0.0237. The van der Waals surface area contributed by atoms with E-state index in [1.807, 2.05) is 26.0 Å². The SMILES string of the molecule is CC(C)CCn1c(=O)c2ccccc2n(CC(=O)Nc2ccc(Br)cc2)c1=O. The lowest BCUT2D eigenvalue weighted by Crippen LogP contribution is -2.42. The van der Waals surface area contributed by atoms with Gasteiger partial charge in [0.2, 0.25) is 5.91 Å². The van der Waals surface area contributed by atoms with Crippen LogP contribution in [0.3, 0.4) is 0 Å². The van der Waals surface area contributed by atoms with Crippen LogP contribution < -0.4 is 16.6 Å². The first kappa shape index (κ1) is 20.1. The fourth-order valence-electron chi connectivity index (χ4n) is 2.99. The molecule has 0 saturated heterocycles. The molecule has 0 saturated carbocycles. The van der Waals surface area contributed by atoms with Crippen molar-refractivity contribution in [3.63, 3.8) is 0 Å². The van der Waals surface area contributed by atoms with Gasteiger partial charge in [-0.05, 0) is 48.7 Å². The van der Waals surface area contributed by atoms with Gasteiger partial charge in [0.15, 0.2) is 0 Å². The first-order valence-corrected chi connectivity index (χ1v) is 9.94. The van der Waals surface area contributed by atoms with Gasteiger partial charge in [0.05, 0.1) is 10.9 Å². The minimum absolute atomic E-state index is 0.169. The number of nitrogens with zero attached hydrogens (tertiary/aromatic N) is 2. The lowest BCUT2D eigenvalue weighted by Gasteiger charge is -2.15. The third-order valence-corrected chi connectivity index (χ3v) is 5.02. The van der Waals surface area contributed by atoms with E-state index in [9.17, 15) is 14.4 Å². The zero-order valence-electron chi connectivity index (χ0n) is 15.8. The number of carbonyl (C=O) groups excluding carboxylic acids is 1. The van der Waals surface area contributed by atoms with E-state index in [0.717, 1.165) is 4.47 Å². The molecule has 1 N–H and O–H groups in total. The summed E-state index contributed by atoms with van der Waals surface area (Å²) in [5.41, 5.74) is 0.323. The van der Waals surface area contributed by atoms with Crippen LogP contribution in [0.1, 0.15) is 20.3 Å². The highest BCUT2D eigenvalue weighted by atomic mass is 79.9. The summed E-state index contributed by atoms with van der Waals surface area (Å²) in [7, 11) is 0. The second-order valence-corrected chi connectivity index (χ2v) is 8.00. The molecule has 3 aromatic rings. The largest absolute Gasteiger partial charge is 0.331 e. The number of halogens is 1. The van der Waals surface area contributed by atoms with Crippen molar-refractivity contribution < 1.29 is 4.79 Å². The Morgan fingerprint density at radius 2 is 1.71 bits per heavy atom. The van der Waals surface area contributed by atoms with Gasteiger partial charge in [-0.2, -0.15) is 0 Å². The number of hydrogen-bond acceptors (Lipinski definition) is 3. The van der Waals surface area contributed by atoms with Crippen LogP contribution in [0.15, 0.2) is 62.6 Å². The fraction of sp³-hybridized carbons (Fsp3) is 0.286. The summed E-state index contributed by atoms with van der Waals surface area (Å²) in [6.45, 7) is 4.23. The van der Waals surface area contributed by atoms with Crippen molar-refractivity contribution in [1.82, 2.24) is 9.13 Å². The summed E-state index contributed by atoms with van der Waals surface area (Å²) in [5, 5.41) is 3.22. The van der Waals surface area contributed by atoms with Crippen LogP contribution in [0, 0.1) is 5.92 Å². The van der Waals surface area contributed by atoms with Crippen LogP contribution in [0.25, 0.3) is 10.9 Å². The minimum Gasteiger partial charge on any atom is -0.325 e. The first-order valence-electron chi connectivity index (χ1n) is 9.14. The van der Waals surface area contributed by atoms with Gasteiger partial charge in [-0.25, -0.2) is 4.79 Å². The van der Waals surface area contributed by atoms with Gasteiger partial charge >= 0.3 is 5.69 Å². The van der Waals surface area contributed by atoms with Crippen LogP contribution in [0.5, 0.6) is 0 Å². The molecule has 0 aliphatic carbocycles. The average Bonchev–Trinajstić information content (AvgIpc) is 2.67. The van der Waals surface area contributed by atoms with Gasteiger partial charge in [-0.3, -0.25) is 18.7 Å². The Morgan fingerprint density at radius 1 is 1.04 bits per heavy atom.